The minimum atomic E-state index is -0.155. The van der Waals surface area contributed by atoms with Gasteiger partial charge in [-0.1, -0.05) is 17.7 Å². The lowest BCUT2D eigenvalue weighted by Gasteiger charge is -2.23. The van der Waals surface area contributed by atoms with Crippen molar-refractivity contribution in [2.75, 3.05) is 13.1 Å². The number of rotatable bonds is 1. The third-order valence-corrected chi connectivity index (χ3v) is 3.46. The zero-order valence-electron chi connectivity index (χ0n) is 8.82. The highest BCUT2D eigenvalue weighted by molar-refractivity contribution is 6.31. The summed E-state index contributed by atoms with van der Waals surface area (Å²) in [6, 6.07) is 3.34. The van der Waals surface area contributed by atoms with Gasteiger partial charge >= 0.3 is 0 Å². The van der Waals surface area contributed by atoms with Gasteiger partial charge in [-0.2, -0.15) is 0 Å². The van der Waals surface area contributed by atoms with E-state index in [1.54, 1.807) is 0 Å². The standard InChI is InChI=1S/C12H15ClFN/c1-8-6-10(12(14)7-11(8)13)9-2-4-15-5-3-9/h6-7,9,15H,2-5H2,1H3. The molecule has 1 N–H and O–H groups in total. The van der Waals surface area contributed by atoms with Crippen LogP contribution in [0, 0.1) is 12.7 Å². The second-order valence-electron chi connectivity index (χ2n) is 4.15. The summed E-state index contributed by atoms with van der Waals surface area (Å²) in [6.07, 6.45) is 2.02. The van der Waals surface area contributed by atoms with Crippen LogP contribution in [0.3, 0.4) is 0 Å². The number of aryl methyl sites for hydroxylation is 1. The Labute approximate surface area is 94.6 Å². The third-order valence-electron chi connectivity index (χ3n) is 3.06. The molecule has 1 fully saturated rings. The Morgan fingerprint density at radius 2 is 2.00 bits per heavy atom. The molecule has 0 aromatic heterocycles. The van der Waals surface area contributed by atoms with E-state index in [1.807, 2.05) is 13.0 Å². The van der Waals surface area contributed by atoms with Gasteiger partial charge in [0.15, 0.2) is 0 Å². The highest BCUT2D eigenvalue weighted by Crippen LogP contribution is 2.30. The van der Waals surface area contributed by atoms with Crippen LogP contribution in [0.25, 0.3) is 0 Å². The molecular formula is C12H15ClFN. The van der Waals surface area contributed by atoms with Crippen LogP contribution in [0.1, 0.15) is 29.9 Å². The quantitative estimate of drug-likeness (QED) is 0.777. The maximum absolute atomic E-state index is 13.7. The lowest BCUT2D eigenvalue weighted by Crippen LogP contribution is -2.27. The molecule has 0 unspecified atom stereocenters. The molecule has 3 heteroatoms. The molecule has 0 saturated carbocycles. The fourth-order valence-corrected chi connectivity index (χ4v) is 2.28. The highest BCUT2D eigenvalue weighted by atomic mass is 35.5. The molecule has 0 aliphatic carbocycles. The molecule has 1 nitrogen and oxygen atoms in total. The molecule has 1 aromatic carbocycles. The minimum Gasteiger partial charge on any atom is -0.317 e. The van der Waals surface area contributed by atoms with Crippen LogP contribution < -0.4 is 5.32 Å². The first kappa shape index (κ1) is 10.9. The summed E-state index contributed by atoms with van der Waals surface area (Å²) >= 11 is 5.87. The van der Waals surface area contributed by atoms with Crippen LogP contribution in [0.2, 0.25) is 5.02 Å². The van der Waals surface area contributed by atoms with E-state index in [2.05, 4.69) is 5.32 Å². The fraction of sp³-hybridized carbons (Fsp3) is 0.500. The first-order valence-corrected chi connectivity index (χ1v) is 5.72. The highest BCUT2D eigenvalue weighted by Gasteiger charge is 2.19. The molecule has 1 aliphatic heterocycles. The molecule has 0 spiro atoms. The van der Waals surface area contributed by atoms with Crippen molar-refractivity contribution in [1.29, 1.82) is 0 Å². The Morgan fingerprint density at radius 3 is 2.67 bits per heavy atom. The Hall–Kier alpha value is -0.600. The molecule has 1 heterocycles. The van der Waals surface area contributed by atoms with Crippen molar-refractivity contribution in [3.8, 4) is 0 Å². The van der Waals surface area contributed by atoms with Crippen molar-refractivity contribution in [2.24, 2.45) is 0 Å². The Balaban J connectivity index is 2.30. The molecule has 0 amide bonds. The number of piperidine rings is 1. The van der Waals surface area contributed by atoms with Crippen molar-refractivity contribution >= 4 is 11.6 Å². The summed E-state index contributed by atoms with van der Waals surface area (Å²) in [6.45, 7) is 3.88. The van der Waals surface area contributed by atoms with E-state index >= 15 is 0 Å². The molecule has 1 saturated heterocycles. The smallest absolute Gasteiger partial charge is 0.128 e. The summed E-state index contributed by atoms with van der Waals surface area (Å²) in [5.41, 5.74) is 1.80. The summed E-state index contributed by atoms with van der Waals surface area (Å²) in [7, 11) is 0. The largest absolute Gasteiger partial charge is 0.317 e. The van der Waals surface area contributed by atoms with Crippen molar-refractivity contribution in [3.63, 3.8) is 0 Å². The zero-order chi connectivity index (χ0) is 10.8. The maximum Gasteiger partial charge on any atom is 0.128 e. The predicted octanol–water partition coefficient (Wildman–Crippen LogP) is 3.25. The van der Waals surface area contributed by atoms with E-state index in [4.69, 9.17) is 11.6 Å². The van der Waals surface area contributed by atoms with E-state index in [9.17, 15) is 4.39 Å². The molecule has 0 atom stereocenters. The Morgan fingerprint density at radius 1 is 1.33 bits per heavy atom. The van der Waals surface area contributed by atoms with Crippen LogP contribution in [0.4, 0.5) is 4.39 Å². The van der Waals surface area contributed by atoms with E-state index in [-0.39, 0.29) is 5.82 Å². The number of halogens is 2. The third kappa shape index (κ3) is 2.32. The molecule has 15 heavy (non-hydrogen) atoms. The second-order valence-corrected chi connectivity index (χ2v) is 4.55. The van der Waals surface area contributed by atoms with E-state index in [0.717, 1.165) is 37.1 Å². The predicted molar refractivity (Wildman–Crippen MR) is 61.0 cm³/mol. The molecule has 1 aromatic rings. The minimum absolute atomic E-state index is 0.155. The van der Waals surface area contributed by atoms with Gasteiger partial charge in [-0.25, -0.2) is 4.39 Å². The summed E-state index contributed by atoms with van der Waals surface area (Å²) in [5.74, 6) is 0.194. The van der Waals surface area contributed by atoms with Crippen molar-refractivity contribution in [3.05, 3.63) is 34.1 Å². The summed E-state index contributed by atoms with van der Waals surface area (Å²) in [5, 5.41) is 3.80. The number of hydrogen-bond acceptors (Lipinski definition) is 1. The van der Waals surface area contributed by atoms with Gasteiger partial charge in [-0.3, -0.25) is 0 Å². The first-order valence-electron chi connectivity index (χ1n) is 5.34. The van der Waals surface area contributed by atoms with Gasteiger partial charge in [-0.05, 0) is 56.0 Å². The van der Waals surface area contributed by atoms with E-state index < -0.39 is 0 Å². The lowest BCUT2D eigenvalue weighted by atomic mass is 9.89. The van der Waals surface area contributed by atoms with Crippen LogP contribution in [0.15, 0.2) is 12.1 Å². The van der Waals surface area contributed by atoms with Crippen LogP contribution in [-0.4, -0.2) is 13.1 Å². The molecule has 0 radical (unpaired) electrons. The van der Waals surface area contributed by atoms with Gasteiger partial charge < -0.3 is 5.32 Å². The van der Waals surface area contributed by atoms with Crippen LogP contribution in [0.5, 0.6) is 0 Å². The van der Waals surface area contributed by atoms with Gasteiger partial charge in [0.25, 0.3) is 0 Å². The van der Waals surface area contributed by atoms with Gasteiger partial charge in [0, 0.05) is 5.02 Å². The Bertz CT molecular complexity index is 359. The van der Waals surface area contributed by atoms with Crippen LogP contribution in [-0.2, 0) is 0 Å². The molecule has 2 rings (SSSR count). The molecule has 82 valence electrons. The number of nitrogens with one attached hydrogen (secondary N) is 1. The monoisotopic (exact) mass is 227 g/mol. The van der Waals surface area contributed by atoms with Gasteiger partial charge in [0.1, 0.15) is 5.82 Å². The SMILES string of the molecule is Cc1cc(C2CCNCC2)c(F)cc1Cl. The van der Waals surface area contributed by atoms with Gasteiger partial charge in [-0.15, -0.1) is 0 Å². The zero-order valence-corrected chi connectivity index (χ0v) is 9.57. The summed E-state index contributed by atoms with van der Waals surface area (Å²) in [4.78, 5) is 0. The van der Waals surface area contributed by atoms with Crippen molar-refractivity contribution < 1.29 is 4.39 Å². The maximum atomic E-state index is 13.7. The Kier molecular flexibility index (Phi) is 3.27. The van der Waals surface area contributed by atoms with E-state index in [0.29, 0.717) is 10.9 Å². The molecule has 1 aliphatic rings. The van der Waals surface area contributed by atoms with Crippen LogP contribution >= 0.6 is 11.6 Å². The number of benzene rings is 1. The molecular weight excluding hydrogens is 213 g/mol. The number of hydrogen-bond donors (Lipinski definition) is 1. The van der Waals surface area contributed by atoms with Gasteiger partial charge in [0.2, 0.25) is 0 Å². The second kappa shape index (κ2) is 4.50. The van der Waals surface area contributed by atoms with E-state index in [1.165, 1.54) is 6.07 Å². The summed E-state index contributed by atoms with van der Waals surface area (Å²) < 4.78 is 13.7. The lowest BCUT2D eigenvalue weighted by molar-refractivity contribution is 0.445. The van der Waals surface area contributed by atoms with Crippen molar-refractivity contribution in [1.82, 2.24) is 5.32 Å². The average Bonchev–Trinajstić information content (AvgIpc) is 2.25. The van der Waals surface area contributed by atoms with Gasteiger partial charge in [0.05, 0.1) is 0 Å². The normalized spacial score (nSPS) is 18.1. The fourth-order valence-electron chi connectivity index (χ4n) is 2.13. The average molecular weight is 228 g/mol. The first-order chi connectivity index (χ1) is 7.18. The molecule has 0 bridgehead atoms. The topological polar surface area (TPSA) is 12.0 Å². The van der Waals surface area contributed by atoms with Crippen molar-refractivity contribution in [2.45, 2.75) is 25.7 Å².